The summed E-state index contributed by atoms with van der Waals surface area (Å²) in [7, 11) is 0. The first-order valence-electron chi connectivity index (χ1n) is 10.8. The first-order chi connectivity index (χ1) is 15.2. The van der Waals surface area contributed by atoms with Crippen molar-refractivity contribution in [1.82, 2.24) is 14.7 Å². The maximum atomic E-state index is 12.4. The molecule has 2 heterocycles. The van der Waals surface area contributed by atoms with Crippen LogP contribution in [0.2, 0.25) is 0 Å². The number of nitrogens with zero attached hydrogens (tertiary/aromatic N) is 2. The molecule has 1 amide bonds. The van der Waals surface area contributed by atoms with Crippen molar-refractivity contribution < 1.29 is 9.90 Å². The molecule has 0 unspecified atom stereocenters. The molecule has 0 bridgehead atoms. The van der Waals surface area contributed by atoms with Gasteiger partial charge in [0, 0.05) is 35.6 Å². The number of rotatable bonds is 8. The first-order valence-corrected chi connectivity index (χ1v) is 10.8. The number of imidazole rings is 1. The number of fused-ring (bicyclic) bond motifs is 1. The molecule has 2 N–H and O–H groups in total. The van der Waals surface area contributed by atoms with E-state index in [0.29, 0.717) is 23.4 Å². The average molecular weight is 414 g/mol. The first kappa shape index (κ1) is 20.7. The third-order valence-corrected chi connectivity index (χ3v) is 5.44. The summed E-state index contributed by atoms with van der Waals surface area (Å²) in [5.41, 5.74) is 4.82. The Kier molecular flexibility index (Phi) is 6.32. The van der Waals surface area contributed by atoms with Crippen LogP contribution in [-0.4, -0.2) is 26.9 Å². The lowest BCUT2D eigenvalue weighted by Crippen LogP contribution is -2.24. The quantitative estimate of drug-likeness (QED) is 0.365. The van der Waals surface area contributed by atoms with Crippen LogP contribution in [0.25, 0.3) is 28.0 Å². The van der Waals surface area contributed by atoms with Gasteiger partial charge in [0.05, 0.1) is 5.69 Å². The van der Waals surface area contributed by atoms with Gasteiger partial charge < -0.3 is 14.8 Å². The van der Waals surface area contributed by atoms with Crippen LogP contribution in [0.5, 0.6) is 5.75 Å². The highest BCUT2D eigenvalue weighted by Gasteiger charge is 2.12. The van der Waals surface area contributed by atoms with Crippen molar-refractivity contribution in [2.24, 2.45) is 0 Å². The van der Waals surface area contributed by atoms with Crippen molar-refractivity contribution >= 4 is 11.6 Å². The van der Waals surface area contributed by atoms with Gasteiger partial charge in [0.1, 0.15) is 11.4 Å². The molecule has 2 aromatic heterocycles. The van der Waals surface area contributed by atoms with Crippen molar-refractivity contribution in [2.75, 3.05) is 6.54 Å². The minimum Gasteiger partial charge on any atom is -0.507 e. The van der Waals surface area contributed by atoms with E-state index in [1.165, 1.54) is 12.8 Å². The fourth-order valence-electron chi connectivity index (χ4n) is 3.72. The predicted octanol–water partition coefficient (Wildman–Crippen LogP) is 5.68. The van der Waals surface area contributed by atoms with Crippen LogP contribution in [0.15, 0.2) is 73.1 Å². The zero-order valence-electron chi connectivity index (χ0n) is 17.7. The lowest BCUT2D eigenvalue weighted by atomic mass is 10.0. The van der Waals surface area contributed by atoms with Crippen molar-refractivity contribution in [3.8, 4) is 28.1 Å². The molecule has 0 saturated heterocycles. The summed E-state index contributed by atoms with van der Waals surface area (Å²) in [6, 6.07) is 18.8. The summed E-state index contributed by atoms with van der Waals surface area (Å²) in [4.78, 5) is 17.1. The summed E-state index contributed by atoms with van der Waals surface area (Å²) in [6.45, 7) is 2.89. The van der Waals surface area contributed by atoms with Gasteiger partial charge in [-0.05, 0) is 48.4 Å². The van der Waals surface area contributed by atoms with E-state index >= 15 is 0 Å². The molecule has 0 radical (unpaired) electrons. The van der Waals surface area contributed by atoms with E-state index in [4.69, 9.17) is 4.98 Å². The number of nitrogens with one attached hydrogen (secondary N) is 1. The second-order valence-electron chi connectivity index (χ2n) is 7.69. The van der Waals surface area contributed by atoms with Gasteiger partial charge >= 0.3 is 0 Å². The Bertz CT molecular complexity index is 1180. The van der Waals surface area contributed by atoms with Crippen LogP contribution < -0.4 is 5.32 Å². The molecule has 0 fully saturated rings. The number of aromatic hydroxyl groups is 1. The molecular weight excluding hydrogens is 386 g/mol. The van der Waals surface area contributed by atoms with E-state index in [-0.39, 0.29) is 11.7 Å². The Hall–Kier alpha value is -3.60. The largest absolute Gasteiger partial charge is 0.507 e. The van der Waals surface area contributed by atoms with E-state index in [0.717, 1.165) is 29.6 Å². The number of para-hydroxylation sites is 1. The number of hydrogen-bond acceptors (Lipinski definition) is 3. The van der Waals surface area contributed by atoms with Crippen LogP contribution in [0.4, 0.5) is 0 Å². The number of phenolic OH excluding ortho intramolecular Hbond substituents is 1. The van der Waals surface area contributed by atoms with Crippen LogP contribution in [0.1, 0.15) is 43.0 Å². The minimum atomic E-state index is -0.0380. The zero-order valence-corrected chi connectivity index (χ0v) is 17.7. The normalized spacial score (nSPS) is 11.0. The van der Waals surface area contributed by atoms with Crippen molar-refractivity contribution in [3.63, 3.8) is 0 Å². The van der Waals surface area contributed by atoms with E-state index < -0.39 is 0 Å². The summed E-state index contributed by atoms with van der Waals surface area (Å²) in [6.07, 6.45) is 8.40. The van der Waals surface area contributed by atoms with E-state index in [1.807, 2.05) is 65.3 Å². The van der Waals surface area contributed by atoms with Crippen LogP contribution in [0, 0.1) is 0 Å². The van der Waals surface area contributed by atoms with Gasteiger partial charge in [-0.25, -0.2) is 4.98 Å². The third-order valence-electron chi connectivity index (χ3n) is 5.44. The monoisotopic (exact) mass is 413 g/mol. The highest BCUT2D eigenvalue weighted by molar-refractivity contribution is 5.95. The zero-order chi connectivity index (χ0) is 21.6. The Balaban J connectivity index is 1.55. The fraction of sp³-hybridized carbons (Fsp3) is 0.231. The summed E-state index contributed by atoms with van der Waals surface area (Å²) in [5, 5.41) is 13.2. The Labute approximate surface area is 182 Å². The number of phenols is 1. The maximum Gasteiger partial charge on any atom is 0.251 e. The molecule has 0 aliphatic rings. The number of hydrogen-bond donors (Lipinski definition) is 2. The van der Waals surface area contributed by atoms with Gasteiger partial charge in [-0.1, -0.05) is 50.5 Å². The number of aromatic nitrogens is 2. The minimum absolute atomic E-state index is 0.0380. The number of benzene rings is 2. The molecule has 0 aliphatic carbocycles. The van der Waals surface area contributed by atoms with Gasteiger partial charge in [0.15, 0.2) is 0 Å². The van der Waals surface area contributed by atoms with Crippen LogP contribution in [0.3, 0.4) is 0 Å². The molecule has 158 valence electrons. The van der Waals surface area contributed by atoms with Crippen molar-refractivity contribution in [1.29, 1.82) is 0 Å². The molecular formula is C26H27N3O2. The third kappa shape index (κ3) is 4.61. The number of unbranched alkanes of at least 4 members (excludes halogenated alkanes) is 3. The number of carbonyl (C=O) groups excluding carboxylic acids is 1. The molecule has 0 spiro atoms. The molecule has 4 rings (SSSR count). The van der Waals surface area contributed by atoms with Gasteiger partial charge in [-0.2, -0.15) is 0 Å². The second kappa shape index (κ2) is 9.47. The summed E-state index contributed by atoms with van der Waals surface area (Å²) < 4.78 is 1.95. The van der Waals surface area contributed by atoms with Gasteiger partial charge in [-0.15, -0.1) is 0 Å². The smallest absolute Gasteiger partial charge is 0.251 e. The maximum absolute atomic E-state index is 12.4. The van der Waals surface area contributed by atoms with E-state index in [2.05, 4.69) is 12.2 Å². The topological polar surface area (TPSA) is 66.6 Å². The summed E-state index contributed by atoms with van der Waals surface area (Å²) in [5.74, 6) is 0.168. The van der Waals surface area contributed by atoms with Crippen molar-refractivity contribution in [3.05, 3.63) is 78.6 Å². The number of amides is 1. The highest BCUT2D eigenvalue weighted by atomic mass is 16.3. The molecule has 0 aliphatic heterocycles. The Morgan fingerprint density at radius 2 is 1.74 bits per heavy atom. The number of pyridine rings is 1. The predicted molar refractivity (Wildman–Crippen MR) is 124 cm³/mol. The lowest BCUT2D eigenvalue weighted by Gasteiger charge is -2.07. The highest BCUT2D eigenvalue weighted by Crippen LogP contribution is 2.31. The van der Waals surface area contributed by atoms with Gasteiger partial charge in [-0.3, -0.25) is 4.79 Å². The molecule has 31 heavy (non-hydrogen) atoms. The lowest BCUT2D eigenvalue weighted by molar-refractivity contribution is 0.0953. The molecule has 4 aromatic rings. The van der Waals surface area contributed by atoms with Gasteiger partial charge in [0.2, 0.25) is 0 Å². The molecule has 0 saturated carbocycles. The molecule has 5 nitrogen and oxygen atoms in total. The molecule has 0 atom stereocenters. The fourth-order valence-corrected chi connectivity index (χ4v) is 3.72. The SMILES string of the molecule is CCCCCCNC(=O)c1ccc(-c2cccn3cc(-c4ccccc4O)nc23)cc1. The Morgan fingerprint density at radius 3 is 2.52 bits per heavy atom. The number of carbonyl (C=O) groups is 1. The second-order valence-corrected chi connectivity index (χ2v) is 7.69. The standard InChI is InChI=1S/C26H27N3O2/c1-2-3-4-7-16-27-26(31)20-14-12-19(13-15-20)21-10-8-17-29-18-23(28-25(21)29)22-9-5-6-11-24(22)30/h5-6,8-15,17-18,30H,2-4,7,16H2,1H3,(H,27,31). The average Bonchev–Trinajstić information content (AvgIpc) is 3.23. The van der Waals surface area contributed by atoms with E-state index in [1.54, 1.807) is 12.1 Å². The summed E-state index contributed by atoms with van der Waals surface area (Å²) >= 11 is 0. The van der Waals surface area contributed by atoms with Crippen LogP contribution in [-0.2, 0) is 0 Å². The van der Waals surface area contributed by atoms with Crippen molar-refractivity contribution in [2.45, 2.75) is 32.6 Å². The van der Waals surface area contributed by atoms with E-state index in [9.17, 15) is 9.90 Å². The molecule has 2 aromatic carbocycles. The van der Waals surface area contributed by atoms with Gasteiger partial charge in [0.25, 0.3) is 5.91 Å². The molecule has 5 heteroatoms. The van der Waals surface area contributed by atoms with Crippen LogP contribution >= 0.6 is 0 Å². The Morgan fingerprint density at radius 1 is 0.968 bits per heavy atom.